The third-order valence-electron chi connectivity index (χ3n) is 3.78. The van der Waals surface area contributed by atoms with E-state index in [1.807, 2.05) is 0 Å². The Balaban J connectivity index is 2.18. The third-order valence-corrected chi connectivity index (χ3v) is 4.91. The second-order valence-corrected chi connectivity index (χ2v) is 7.80. The molecular weight excluding hydrogens is 402 g/mol. The fourth-order valence-corrected chi connectivity index (χ4v) is 3.07. The SMILES string of the molecule is COc1ccc(-c2nc(C(F)(F)F)nn2-c2ccc(S(C)(=O)=O)cc2)cc1F. The van der Waals surface area contributed by atoms with Gasteiger partial charge in [-0.25, -0.2) is 22.5 Å². The Labute approximate surface area is 157 Å². The van der Waals surface area contributed by atoms with E-state index in [9.17, 15) is 26.0 Å². The highest BCUT2D eigenvalue weighted by Crippen LogP contribution is 2.32. The maximum absolute atomic E-state index is 14.0. The van der Waals surface area contributed by atoms with Crippen molar-refractivity contribution in [1.82, 2.24) is 14.8 Å². The van der Waals surface area contributed by atoms with Crippen LogP contribution in [0.4, 0.5) is 17.6 Å². The molecule has 0 unspecified atom stereocenters. The number of methoxy groups -OCH3 is 1. The average Bonchev–Trinajstić information content (AvgIpc) is 3.07. The number of hydrogen-bond acceptors (Lipinski definition) is 5. The number of aromatic nitrogens is 3. The van der Waals surface area contributed by atoms with Gasteiger partial charge >= 0.3 is 6.18 Å². The van der Waals surface area contributed by atoms with Gasteiger partial charge in [-0.3, -0.25) is 0 Å². The van der Waals surface area contributed by atoms with E-state index >= 15 is 0 Å². The van der Waals surface area contributed by atoms with Crippen LogP contribution < -0.4 is 4.74 Å². The van der Waals surface area contributed by atoms with E-state index in [1.54, 1.807) is 0 Å². The van der Waals surface area contributed by atoms with Gasteiger partial charge in [0.1, 0.15) is 0 Å². The van der Waals surface area contributed by atoms with Gasteiger partial charge in [-0.15, -0.1) is 5.10 Å². The number of alkyl halides is 3. The van der Waals surface area contributed by atoms with Crippen LogP contribution in [0.3, 0.4) is 0 Å². The maximum Gasteiger partial charge on any atom is 0.453 e. The van der Waals surface area contributed by atoms with Gasteiger partial charge in [0.2, 0.25) is 0 Å². The number of ether oxygens (including phenoxy) is 1. The molecule has 0 aliphatic carbocycles. The van der Waals surface area contributed by atoms with E-state index in [1.165, 1.54) is 43.5 Å². The van der Waals surface area contributed by atoms with Crippen molar-refractivity contribution in [3.8, 4) is 22.8 Å². The molecule has 0 radical (unpaired) electrons. The van der Waals surface area contributed by atoms with Crippen molar-refractivity contribution < 1.29 is 30.7 Å². The van der Waals surface area contributed by atoms with E-state index in [2.05, 4.69) is 10.1 Å². The quantitative estimate of drug-likeness (QED) is 0.610. The fraction of sp³-hybridized carbons (Fsp3) is 0.176. The largest absolute Gasteiger partial charge is 0.494 e. The number of halogens is 4. The van der Waals surface area contributed by atoms with Crippen LogP contribution in [0.25, 0.3) is 17.1 Å². The molecule has 0 amide bonds. The van der Waals surface area contributed by atoms with Crippen molar-refractivity contribution >= 4 is 9.84 Å². The van der Waals surface area contributed by atoms with Crippen molar-refractivity contribution in [3.05, 3.63) is 54.1 Å². The van der Waals surface area contributed by atoms with Gasteiger partial charge in [0, 0.05) is 11.8 Å². The van der Waals surface area contributed by atoms with E-state index < -0.39 is 27.7 Å². The van der Waals surface area contributed by atoms with E-state index in [-0.39, 0.29) is 27.7 Å². The lowest BCUT2D eigenvalue weighted by Gasteiger charge is -2.08. The molecule has 0 aliphatic rings. The Morgan fingerprint density at radius 1 is 1.07 bits per heavy atom. The molecule has 0 saturated heterocycles. The summed E-state index contributed by atoms with van der Waals surface area (Å²) in [6.07, 6.45) is -3.82. The summed E-state index contributed by atoms with van der Waals surface area (Å²) in [5, 5.41) is 3.47. The Hall–Kier alpha value is -2.95. The van der Waals surface area contributed by atoms with Gasteiger partial charge in [-0.1, -0.05) is 0 Å². The summed E-state index contributed by atoms with van der Waals surface area (Å²) in [5.74, 6) is -2.54. The lowest BCUT2D eigenvalue weighted by molar-refractivity contribution is -0.144. The average molecular weight is 415 g/mol. The topological polar surface area (TPSA) is 74.1 Å². The first-order valence-corrected chi connectivity index (χ1v) is 9.58. The van der Waals surface area contributed by atoms with Gasteiger partial charge in [0.15, 0.2) is 27.2 Å². The molecule has 3 rings (SSSR count). The van der Waals surface area contributed by atoms with Crippen LogP contribution in [0.2, 0.25) is 0 Å². The van der Waals surface area contributed by atoms with E-state index in [0.717, 1.165) is 17.0 Å². The smallest absolute Gasteiger partial charge is 0.453 e. The number of benzene rings is 2. The molecule has 1 aromatic heterocycles. The molecule has 11 heteroatoms. The molecule has 3 aromatic rings. The minimum atomic E-state index is -4.82. The Morgan fingerprint density at radius 3 is 2.21 bits per heavy atom. The zero-order valence-electron chi connectivity index (χ0n) is 14.5. The van der Waals surface area contributed by atoms with Crippen LogP contribution in [0.5, 0.6) is 5.75 Å². The monoisotopic (exact) mass is 415 g/mol. The minimum Gasteiger partial charge on any atom is -0.494 e. The molecule has 0 saturated carbocycles. The van der Waals surface area contributed by atoms with Crippen molar-refractivity contribution in [3.63, 3.8) is 0 Å². The minimum absolute atomic E-state index is 0.00977. The first kappa shape index (κ1) is 19.8. The Morgan fingerprint density at radius 2 is 1.71 bits per heavy atom. The highest BCUT2D eigenvalue weighted by Gasteiger charge is 2.37. The molecule has 0 bridgehead atoms. The second-order valence-electron chi connectivity index (χ2n) is 5.78. The lowest BCUT2D eigenvalue weighted by Crippen LogP contribution is -2.08. The predicted octanol–water partition coefficient (Wildman–Crippen LogP) is 3.50. The highest BCUT2D eigenvalue weighted by atomic mass is 32.2. The molecular formula is C17H13F4N3O3S. The fourth-order valence-electron chi connectivity index (χ4n) is 2.44. The van der Waals surface area contributed by atoms with Crippen molar-refractivity contribution in [2.45, 2.75) is 11.1 Å². The molecule has 0 N–H and O–H groups in total. The summed E-state index contributed by atoms with van der Waals surface area (Å²) < 4.78 is 82.2. The Kier molecular flexibility index (Phi) is 4.88. The molecule has 2 aromatic carbocycles. The summed E-state index contributed by atoms with van der Waals surface area (Å²) in [4.78, 5) is 3.49. The summed E-state index contributed by atoms with van der Waals surface area (Å²) in [6.45, 7) is 0. The third kappa shape index (κ3) is 3.84. The molecule has 0 atom stereocenters. The summed E-state index contributed by atoms with van der Waals surface area (Å²) in [6, 6.07) is 8.61. The maximum atomic E-state index is 14.0. The van der Waals surface area contributed by atoms with Crippen LogP contribution in [-0.4, -0.2) is 36.5 Å². The molecule has 148 valence electrons. The van der Waals surface area contributed by atoms with Gasteiger partial charge in [-0.05, 0) is 42.5 Å². The summed E-state index contributed by atoms with van der Waals surface area (Å²) in [5.41, 5.74) is 0.162. The zero-order chi connectivity index (χ0) is 20.7. The van der Waals surface area contributed by atoms with E-state index in [4.69, 9.17) is 4.74 Å². The number of rotatable bonds is 4. The number of hydrogen-bond donors (Lipinski definition) is 0. The van der Waals surface area contributed by atoms with Crippen molar-refractivity contribution in [2.75, 3.05) is 13.4 Å². The van der Waals surface area contributed by atoms with E-state index in [0.29, 0.717) is 0 Å². The lowest BCUT2D eigenvalue weighted by atomic mass is 10.2. The second kappa shape index (κ2) is 6.89. The normalized spacial score (nSPS) is 12.2. The molecule has 28 heavy (non-hydrogen) atoms. The van der Waals surface area contributed by atoms with Crippen LogP contribution in [0.15, 0.2) is 47.4 Å². The summed E-state index contributed by atoms with van der Waals surface area (Å²) in [7, 11) is -2.23. The molecule has 0 fully saturated rings. The van der Waals surface area contributed by atoms with Gasteiger partial charge in [0.25, 0.3) is 5.82 Å². The predicted molar refractivity (Wildman–Crippen MR) is 91.4 cm³/mol. The Bertz CT molecular complexity index is 1120. The van der Waals surface area contributed by atoms with Gasteiger partial charge in [0.05, 0.1) is 17.7 Å². The number of sulfone groups is 1. The van der Waals surface area contributed by atoms with Crippen molar-refractivity contribution in [1.29, 1.82) is 0 Å². The van der Waals surface area contributed by atoms with Crippen LogP contribution in [0, 0.1) is 5.82 Å². The standard InChI is InChI=1S/C17H13F4N3O3S/c1-27-14-8-3-10(9-13(14)18)15-22-16(17(19,20)21)23-24(15)11-4-6-12(7-5-11)28(2,25)26/h3-9H,1-2H3. The highest BCUT2D eigenvalue weighted by molar-refractivity contribution is 7.90. The van der Waals surface area contributed by atoms with Crippen LogP contribution in [0.1, 0.15) is 5.82 Å². The molecule has 6 nitrogen and oxygen atoms in total. The molecule has 1 heterocycles. The van der Waals surface area contributed by atoms with Gasteiger partial charge in [-0.2, -0.15) is 13.2 Å². The van der Waals surface area contributed by atoms with Crippen LogP contribution >= 0.6 is 0 Å². The van der Waals surface area contributed by atoms with Crippen LogP contribution in [-0.2, 0) is 16.0 Å². The first-order valence-electron chi connectivity index (χ1n) is 7.69. The molecule has 0 aliphatic heterocycles. The molecule has 0 spiro atoms. The number of nitrogens with zero attached hydrogens (tertiary/aromatic N) is 3. The first-order chi connectivity index (χ1) is 13.0. The van der Waals surface area contributed by atoms with Crippen molar-refractivity contribution in [2.24, 2.45) is 0 Å². The summed E-state index contributed by atoms with van der Waals surface area (Å²) >= 11 is 0. The zero-order valence-corrected chi connectivity index (χ0v) is 15.3. The van der Waals surface area contributed by atoms with Gasteiger partial charge < -0.3 is 4.74 Å².